The summed E-state index contributed by atoms with van der Waals surface area (Å²) in [6.45, 7) is 0.201. The molecule has 0 atom stereocenters. The SMILES string of the molecule is O=C(NOCCO)c1ccc(-c2ccc3c(n2)N(Cc2ccc4ncccc4c2)NN3)cc1F. The second-order valence-corrected chi connectivity index (χ2v) is 7.62. The molecule has 4 N–H and O–H groups in total. The Labute approximate surface area is 194 Å². The molecule has 34 heavy (non-hydrogen) atoms. The Balaban J connectivity index is 1.37. The standard InChI is InChI=1S/C24H21FN6O3/c25-19-13-17(4-5-18(19)24(33)29-34-11-10-32)21-7-8-22-23(27-21)31(30-28-22)14-15-3-6-20-16(12-15)2-1-9-26-20/h1-9,12-13,28,30,32H,10-11,14H2,(H,29,33). The fourth-order valence-corrected chi connectivity index (χ4v) is 3.69. The lowest BCUT2D eigenvalue weighted by atomic mass is 10.1. The van der Waals surface area contributed by atoms with Gasteiger partial charge < -0.3 is 10.5 Å². The molecule has 2 aromatic heterocycles. The summed E-state index contributed by atoms with van der Waals surface area (Å²) >= 11 is 0. The minimum Gasteiger partial charge on any atom is -0.394 e. The van der Waals surface area contributed by atoms with Gasteiger partial charge in [-0.3, -0.25) is 19.6 Å². The molecule has 0 aliphatic carbocycles. The van der Waals surface area contributed by atoms with Gasteiger partial charge in [-0.25, -0.2) is 14.9 Å². The number of anilines is 2. The Hall–Kier alpha value is -4.12. The molecule has 1 aliphatic heterocycles. The third-order valence-electron chi connectivity index (χ3n) is 5.33. The number of pyridine rings is 2. The molecule has 4 aromatic rings. The van der Waals surface area contributed by atoms with Gasteiger partial charge in [0, 0.05) is 17.1 Å². The molecular weight excluding hydrogens is 439 g/mol. The lowest BCUT2D eigenvalue weighted by Gasteiger charge is -2.17. The van der Waals surface area contributed by atoms with E-state index in [0.717, 1.165) is 22.2 Å². The number of hydrazine groups is 2. The topological polar surface area (TPSA) is 112 Å². The average Bonchev–Trinajstić information content (AvgIpc) is 3.26. The predicted molar refractivity (Wildman–Crippen MR) is 125 cm³/mol. The minimum absolute atomic E-state index is 0.0842. The molecule has 0 saturated carbocycles. The number of aliphatic hydroxyl groups excluding tert-OH is 1. The number of nitrogens with zero attached hydrogens (tertiary/aromatic N) is 3. The fraction of sp³-hybridized carbons (Fsp3) is 0.125. The minimum atomic E-state index is -0.732. The van der Waals surface area contributed by atoms with Crippen LogP contribution in [0.1, 0.15) is 15.9 Å². The molecule has 2 aromatic carbocycles. The van der Waals surface area contributed by atoms with Gasteiger partial charge in [-0.2, -0.15) is 0 Å². The van der Waals surface area contributed by atoms with Gasteiger partial charge in [0.05, 0.1) is 42.2 Å². The highest BCUT2D eigenvalue weighted by Gasteiger charge is 2.22. The first-order valence-corrected chi connectivity index (χ1v) is 10.6. The van der Waals surface area contributed by atoms with E-state index >= 15 is 0 Å². The number of hydroxylamine groups is 1. The number of rotatable bonds is 7. The highest BCUT2D eigenvalue weighted by Crippen LogP contribution is 2.32. The van der Waals surface area contributed by atoms with E-state index in [1.165, 1.54) is 12.1 Å². The molecule has 9 nitrogen and oxygen atoms in total. The summed E-state index contributed by atoms with van der Waals surface area (Å²) in [7, 11) is 0. The van der Waals surface area contributed by atoms with Gasteiger partial charge in [0.15, 0.2) is 5.82 Å². The first-order valence-electron chi connectivity index (χ1n) is 10.6. The van der Waals surface area contributed by atoms with Crippen molar-refractivity contribution in [3.8, 4) is 11.3 Å². The molecule has 1 amide bonds. The number of hydrogen-bond donors (Lipinski definition) is 4. The zero-order valence-corrected chi connectivity index (χ0v) is 18.0. The smallest absolute Gasteiger partial charge is 0.277 e. The highest BCUT2D eigenvalue weighted by atomic mass is 19.1. The summed E-state index contributed by atoms with van der Waals surface area (Å²) in [5, 5.41) is 11.6. The van der Waals surface area contributed by atoms with Crippen molar-refractivity contribution in [3.63, 3.8) is 0 Å². The maximum absolute atomic E-state index is 14.6. The van der Waals surface area contributed by atoms with Gasteiger partial charge in [-0.15, -0.1) is 5.53 Å². The van der Waals surface area contributed by atoms with Crippen LogP contribution in [0.2, 0.25) is 0 Å². The van der Waals surface area contributed by atoms with E-state index < -0.39 is 11.7 Å². The Morgan fingerprint density at radius 1 is 1.15 bits per heavy atom. The zero-order valence-electron chi connectivity index (χ0n) is 18.0. The van der Waals surface area contributed by atoms with Crippen molar-refractivity contribution in [2.24, 2.45) is 0 Å². The normalized spacial score (nSPS) is 12.5. The number of nitrogens with one attached hydrogen (secondary N) is 3. The van der Waals surface area contributed by atoms with E-state index in [4.69, 9.17) is 14.9 Å². The maximum Gasteiger partial charge on any atom is 0.277 e. The van der Waals surface area contributed by atoms with Gasteiger partial charge >= 0.3 is 0 Å². The lowest BCUT2D eigenvalue weighted by molar-refractivity contribution is 0.0165. The van der Waals surface area contributed by atoms with Crippen molar-refractivity contribution in [2.45, 2.75) is 6.54 Å². The van der Waals surface area contributed by atoms with Crippen molar-refractivity contribution in [2.75, 3.05) is 23.6 Å². The van der Waals surface area contributed by atoms with Gasteiger partial charge in [-0.05, 0) is 48.0 Å². The fourth-order valence-electron chi connectivity index (χ4n) is 3.69. The maximum atomic E-state index is 14.6. The van der Waals surface area contributed by atoms with Crippen LogP contribution in [0.4, 0.5) is 15.9 Å². The van der Waals surface area contributed by atoms with E-state index in [-0.39, 0.29) is 18.8 Å². The summed E-state index contributed by atoms with van der Waals surface area (Å²) in [6, 6.07) is 17.9. The summed E-state index contributed by atoms with van der Waals surface area (Å²) < 4.78 is 14.6. The van der Waals surface area contributed by atoms with Crippen LogP contribution >= 0.6 is 0 Å². The second-order valence-electron chi connectivity index (χ2n) is 7.62. The van der Waals surface area contributed by atoms with Crippen molar-refractivity contribution < 1.29 is 19.1 Å². The predicted octanol–water partition coefficient (Wildman–Crippen LogP) is 2.94. The van der Waals surface area contributed by atoms with E-state index in [9.17, 15) is 9.18 Å². The number of carbonyl (C=O) groups is 1. The number of hydrogen-bond acceptors (Lipinski definition) is 8. The van der Waals surface area contributed by atoms with Gasteiger partial charge in [-0.1, -0.05) is 18.2 Å². The van der Waals surface area contributed by atoms with Crippen molar-refractivity contribution in [3.05, 3.63) is 83.8 Å². The first kappa shape index (κ1) is 21.7. The molecule has 0 spiro atoms. The van der Waals surface area contributed by atoms with Crippen LogP contribution in [-0.2, 0) is 11.4 Å². The molecule has 0 fully saturated rings. The van der Waals surface area contributed by atoms with Crippen LogP contribution in [0.25, 0.3) is 22.2 Å². The third-order valence-corrected chi connectivity index (χ3v) is 5.33. The van der Waals surface area contributed by atoms with Crippen LogP contribution in [0.5, 0.6) is 0 Å². The molecule has 0 bridgehead atoms. The average molecular weight is 460 g/mol. The van der Waals surface area contributed by atoms with Crippen LogP contribution in [0.15, 0.2) is 66.9 Å². The molecule has 172 valence electrons. The number of fused-ring (bicyclic) bond motifs is 2. The quantitative estimate of drug-likeness (QED) is 0.246. The van der Waals surface area contributed by atoms with Gasteiger partial charge in [0.25, 0.3) is 5.91 Å². The zero-order chi connectivity index (χ0) is 23.5. The van der Waals surface area contributed by atoms with Crippen LogP contribution in [0, 0.1) is 5.82 Å². The molecule has 10 heteroatoms. The summed E-state index contributed by atoms with van der Waals surface area (Å²) in [6.07, 6.45) is 1.77. The second kappa shape index (κ2) is 9.40. The summed E-state index contributed by atoms with van der Waals surface area (Å²) in [5.41, 5.74) is 12.0. The van der Waals surface area contributed by atoms with Crippen molar-refractivity contribution in [1.82, 2.24) is 21.0 Å². The number of amides is 1. The van der Waals surface area contributed by atoms with Crippen molar-refractivity contribution in [1.29, 1.82) is 0 Å². The highest BCUT2D eigenvalue weighted by molar-refractivity contribution is 5.94. The number of benzene rings is 2. The monoisotopic (exact) mass is 460 g/mol. The number of carbonyl (C=O) groups excluding carboxylic acids is 1. The lowest BCUT2D eigenvalue weighted by Crippen LogP contribution is -2.35. The summed E-state index contributed by atoms with van der Waals surface area (Å²) in [5.74, 6) is -0.768. The number of aliphatic hydroxyl groups is 1. The van der Waals surface area contributed by atoms with Crippen LogP contribution < -0.4 is 21.4 Å². The molecular formula is C24H21FN6O3. The molecule has 5 rings (SSSR count). The molecule has 0 saturated heterocycles. The molecule has 0 radical (unpaired) electrons. The number of halogens is 1. The van der Waals surface area contributed by atoms with E-state index in [0.29, 0.717) is 23.6 Å². The van der Waals surface area contributed by atoms with Crippen molar-refractivity contribution >= 4 is 28.3 Å². The molecule has 3 heterocycles. The van der Waals surface area contributed by atoms with E-state index in [1.54, 1.807) is 18.3 Å². The third kappa shape index (κ3) is 4.37. The van der Waals surface area contributed by atoms with E-state index in [1.807, 2.05) is 35.3 Å². The molecule has 1 aliphatic rings. The Morgan fingerprint density at radius 3 is 2.91 bits per heavy atom. The molecule has 0 unspecified atom stereocenters. The van der Waals surface area contributed by atoms with Crippen LogP contribution in [0.3, 0.4) is 0 Å². The first-order chi connectivity index (χ1) is 16.6. The Kier molecular flexibility index (Phi) is 6.00. The van der Waals surface area contributed by atoms with Crippen LogP contribution in [-0.4, -0.2) is 34.2 Å². The summed E-state index contributed by atoms with van der Waals surface area (Å²) in [4.78, 5) is 25.9. The Morgan fingerprint density at radius 2 is 2.06 bits per heavy atom. The van der Waals surface area contributed by atoms with Gasteiger partial charge in [0.2, 0.25) is 0 Å². The Bertz CT molecular complexity index is 1370. The van der Waals surface area contributed by atoms with Gasteiger partial charge in [0.1, 0.15) is 5.82 Å². The number of aromatic nitrogens is 2. The largest absolute Gasteiger partial charge is 0.394 e. The van der Waals surface area contributed by atoms with E-state index in [2.05, 4.69) is 27.5 Å².